The molecule has 4 nitrogen and oxygen atoms in total. The Hall–Kier alpha value is 0.253. The molecule has 2 N–H and O–H groups in total. The van der Waals surface area contributed by atoms with E-state index in [9.17, 15) is 5.11 Å². The van der Waals surface area contributed by atoms with Crippen molar-refractivity contribution < 1.29 is 16.1 Å². The van der Waals surface area contributed by atoms with Crippen molar-refractivity contribution in [3.05, 3.63) is 32.5 Å². The van der Waals surface area contributed by atoms with Crippen molar-refractivity contribution in [1.29, 1.82) is 0 Å². The molecule has 1 heterocycles. The molecule has 0 aliphatic carbocycles. The van der Waals surface area contributed by atoms with E-state index in [1.165, 1.54) is 0 Å². The Morgan fingerprint density at radius 1 is 1.35 bits per heavy atom. The smallest absolute Gasteiger partial charge is 0.870 e. The van der Waals surface area contributed by atoms with Crippen molar-refractivity contribution in [2.75, 3.05) is 0 Å². The van der Waals surface area contributed by atoms with Gasteiger partial charge >= 0.3 is 26.2 Å². The summed E-state index contributed by atoms with van der Waals surface area (Å²) >= 11 is 8.13. The van der Waals surface area contributed by atoms with Gasteiger partial charge in [0.15, 0.2) is 0 Å². The van der Waals surface area contributed by atoms with Crippen LogP contribution in [0, 0.1) is 10.5 Å². The summed E-state index contributed by atoms with van der Waals surface area (Å²) in [6.07, 6.45) is 1.60. The zero-order valence-electron chi connectivity index (χ0n) is 8.69. The standard InChI is InChI=1S/C10H7ClINO.Bi.2H2O/c1-5-7(11)6-3-2-4-13-9(6)10(14)8(5)12;;;/h2-4,14H,1H3;;2*1H2/q;+3;;/p-3. The van der Waals surface area contributed by atoms with Crippen molar-refractivity contribution in [2.24, 2.45) is 0 Å². The fourth-order valence-electron chi connectivity index (χ4n) is 1.34. The SMILES string of the molecule is Cc1c(I)c([O-])c2ncccc2c1Cl.[Bi+3].[OH-].[OH-]. The molecule has 7 heteroatoms. The van der Waals surface area contributed by atoms with E-state index in [2.05, 4.69) is 4.98 Å². The van der Waals surface area contributed by atoms with E-state index in [1.807, 2.05) is 35.6 Å². The Bertz CT molecular complexity index is 478. The first-order valence-corrected chi connectivity index (χ1v) is 5.48. The average molecular weight is 562 g/mol. The Kier molecular flexibility index (Phi) is 8.80. The molecular formula is C10H8BiClINO3. The molecule has 0 bridgehead atoms. The first-order valence-electron chi connectivity index (χ1n) is 4.02. The minimum atomic E-state index is -0.0388. The van der Waals surface area contributed by atoms with Crippen molar-refractivity contribution in [2.45, 2.75) is 6.92 Å². The van der Waals surface area contributed by atoms with Crippen LogP contribution in [-0.4, -0.2) is 42.1 Å². The van der Waals surface area contributed by atoms with E-state index in [-0.39, 0.29) is 42.9 Å². The largest absolute Gasteiger partial charge is 3.00 e. The fraction of sp³-hybridized carbons (Fsp3) is 0.100. The van der Waals surface area contributed by atoms with Crippen LogP contribution in [0.1, 0.15) is 5.56 Å². The van der Waals surface area contributed by atoms with Crippen LogP contribution in [0.25, 0.3) is 10.9 Å². The third-order valence-electron chi connectivity index (χ3n) is 2.12. The Labute approximate surface area is 136 Å². The number of halogens is 2. The second kappa shape index (κ2) is 7.64. The van der Waals surface area contributed by atoms with Crippen LogP contribution in [0.15, 0.2) is 18.3 Å². The number of nitrogens with zero attached hydrogens (tertiary/aromatic N) is 1. The molecule has 0 saturated carbocycles. The molecule has 0 atom stereocenters. The van der Waals surface area contributed by atoms with Crippen molar-refractivity contribution in [3.63, 3.8) is 0 Å². The number of fused-ring (bicyclic) bond motifs is 1. The van der Waals surface area contributed by atoms with Gasteiger partial charge in [-0.25, -0.2) is 0 Å². The fourth-order valence-corrected chi connectivity index (χ4v) is 2.27. The molecule has 17 heavy (non-hydrogen) atoms. The van der Waals surface area contributed by atoms with Crippen LogP contribution in [0.2, 0.25) is 5.02 Å². The van der Waals surface area contributed by atoms with Gasteiger partial charge in [0, 0.05) is 15.2 Å². The number of aromatic nitrogens is 1. The molecule has 0 spiro atoms. The topological polar surface area (TPSA) is 96.0 Å². The predicted molar refractivity (Wildman–Crippen MR) is 73.3 cm³/mol. The van der Waals surface area contributed by atoms with E-state index >= 15 is 0 Å². The summed E-state index contributed by atoms with van der Waals surface area (Å²) in [4.78, 5) is 4.04. The molecule has 0 aliphatic rings. The molecule has 0 amide bonds. The Balaban J connectivity index is 0. The first-order chi connectivity index (χ1) is 6.63. The average Bonchev–Trinajstić information content (AvgIpc) is 2.23. The van der Waals surface area contributed by atoms with Crippen LogP contribution in [0.3, 0.4) is 0 Å². The first kappa shape index (κ1) is 19.6. The van der Waals surface area contributed by atoms with Crippen LogP contribution in [0.4, 0.5) is 0 Å². The normalized spacial score (nSPS) is 8.88. The third-order valence-corrected chi connectivity index (χ3v) is 3.90. The molecule has 2 aromatic rings. The Morgan fingerprint density at radius 3 is 2.53 bits per heavy atom. The van der Waals surface area contributed by atoms with Gasteiger partial charge in [-0.1, -0.05) is 17.4 Å². The van der Waals surface area contributed by atoms with Gasteiger partial charge in [-0.2, -0.15) is 0 Å². The number of pyridine rings is 1. The zero-order valence-corrected chi connectivity index (χ0v) is 15.1. The van der Waals surface area contributed by atoms with Crippen LogP contribution in [0.5, 0.6) is 5.75 Å². The summed E-state index contributed by atoms with van der Waals surface area (Å²) in [7, 11) is 0. The monoisotopic (exact) mass is 561 g/mol. The van der Waals surface area contributed by atoms with Crippen LogP contribution >= 0.6 is 34.2 Å². The van der Waals surface area contributed by atoms with Gasteiger partial charge in [0.25, 0.3) is 0 Å². The predicted octanol–water partition coefficient (Wildman–Crippen LogP) is 2.14. The van der Waals surface area contributed by atoms with E-state index in [0.717, 1.165) is 10.9 Å². The van der Waals surface area contributed by atoms with Crippen molar-refractivity contribution >= 4 is 71.3 Å². The Morgan fingerprint density at radius 2 is 1.94 bits per heavy atom. The van der Waals surface area contributed by atoms with Gasteiger partial charge in [0.2, 0.25) is 0 Å². The van der Waals surface area contributed by atoms with Crippen LogP contribution in [-0.2, 0) is 0 Å². The summed E-state index contributed by atoms with van der Waals surface area (Å²) in [5, 5.41) is 13.1. The number of hydrogen-bond acceptors (Lipinski definition) is 4. The summed E-state index contributed by atoms with van der Waals surface area (Å²) in [6.45, 7) is 1.85. The third kappa shape index (κ3) is 3.38. The maximum Gasteiger partial charge on any atom is 3.00 e. The van der Waals surface area contributed by atoms with Crippen LogP contribution < -0.4 is 5.11 Å². The number of benzene rings is 1. The summed E-state index contributed by atoms with van der Waals surface area (Å²) < 4.78 is 0.652. The van der Waals surface area contributed by atoms with Crippen molar-refractivity contribution in [3.8, 4) is 5.75 Å². The molecule has 1 aromatic heterocycles. The van der Waals surface area contributed by atoms with Gasteiger partial charge in [0.05, 0.1) is 10.5 Å². The number of hydrogen-bond donors (Lipinski definition) is 0. The molecule has 0 aliphatic heterocycles. The number of rotatable bonds is 0. The van der Waals surface area contributed by atoms with Gasteiger partial charge in [0.1, 0.15) is 0 Å². The van der Waals surface area contributed by atoms with E-state index < -0.39 is 0 Å². The minimum Gasteiger partial charge on any atom is -0.870 e. The molecular weight excluding hydrogens is 553 g/mol. The summed E-state index contributed by atoms with van der Waals surface area (Å²) in [5.41, 5.74) is 1.28. The van der Waals surface area contributed by atoms with E-state index in [4.69, 9.17) is 11.6 Å². The molecule has 0 unspecified atom stereocenters. The minimum absolute atomic E-state index is 0. The zero-order chi connectivity index (χ0) is 10.3. The van der Waals surface area contributed by atoms with E-state index in [1.54, 1.807) is 12.3 Å². The summed E-state index contributed by atoms with van der Waals surface area (Å²) in [6, 6.07) is 3.59. The van der Waals surface area contributed by atoms with Gasteiger partial charge < -0.3 is 16.1 Å². The molecule has 0 saturated heterocycles. The second-order valence-electron chi connectivity index (χ2n) is 2.98. The molecule has 1 aromatic carbocycles. The van der Waals surface area contributed by atoms with Crippen molar-refractivity contribution in [1.82, 2.24) is 4.98 Å². The molecule has 90 valence electrons. The molecule has 0 fully saturated rings. The van der Waals surface area contributed by atoms with Gasteiger partial charge in [-0.15, -0.1) is 0 Å². The quantitative estimate of drug-likeness (QED) is 0.364. The second-order valence-corrected chi connectivity index (χ2v) is 4.44. The summed E-state index contributed by atoms with van der Waals surface area (Å²) in [5.74, 6) is -0.0388. The molecule has 2 rings (SSSR count). The van der Waals surface area contributed by atoms with Gasteiger partial charge in [-0.05, 0) is 47.2 Å². The van der Waals surface area contributed by atoms with E-state index in [0.29, 0.717) is 14.1 Å². The maximum atomic E-state index is 11.8. The molecule has 2 radical (unpaired) electrons. The maximum absolute atomic E-state index is 11.8. The van der Waals surface area contributed by atoms with Gasteiger partial charge in [-0.3, -0.25) is 4.98 Å².